The van der Waals surface area contributed by atoms with E-state index in [9.17, 15) is 23.2 Å². The van der Waals surface area contributed by atoms with Gasteiger partial charge in [0.1, 0.15) is 17.4 Å². The van der Waals surface area contributed by atoms with Gasteiger partial charge in [0.2, 0.25) is 0 Å². The summed E-state index contributed by atoms with van der Waals surface area (Å²) < 4.78 is 42.0. The maximum absolute atomic E-state index is 13.8. The molecule has 1 heterocycles. The van der Waals surface area contributed by atoms with Gasteiger partial charge in [0.25, 0.3) is 5.91 Å². The number of carbonyl (C=O) groups excluding carboxylic acids is 3. The number of nitrogens with zero attached hydrogens (tertiary/aromatic N) is 1. The standard InChI is InChI=1S/C22H19F2N3O6/c1-31-15-5-3-14(4-6-15)26-22(30)27-19(28)12-32-21(29)9-8-20-25-11-18(33-20)16-7-2-13(23)10-17(16)24/h2-7,10-11H,8-9,12H2,1H3,(H2,26,27,28,30). The molecule has 0 unspecified atom stereocenters. The number of anilines is 1. The van der Waals surface area contributed by atoms with Crippen LogP contribution in [0.25, 0.3) is 11.3 Å². The molecule has 0 aliphatic carbocycles. The Morgan fingerprint density at radius 3 is 2.55 bits per heavy atom. The molecule has 9 nitrogen and oxygen atoms in total. The summed E-state index contributed by atoms with van der Waals surface area (Å²) in [6.45, 7) is -0.660. The number of methoxy groups -OCH3 is 1. The predicted molar refractivity (Wildman–Crippen MR) is 111 cm³/mol. The number of rotatable bonds is 8. The molecule has 0 saturated heterocycles. The molecular formula is C22H19F2N3O6. The lowest BCUT2D eigenvalue weighted by Gasteiger charge is -2.08. The number of amides is 3. The van der Waals surface area contributed by atoms with Gasteiger partial charge in [-0.25, -0.2) is 18.6 Å². The maximum atomic E-state index is 13.8. The van der Waals surface area contributed by atoms with Crippen molar-refractivity contribution in [2.24, 2.45) is 0 Å². The summed E-state index contributed by atoms with van der Waals surface area (Å²) in [5, 5.41) is 4.47. The summed E-state index contributed by atoms with van der Waals surface area (Å²) in [4.78, 5) is 39.4. The van der Waals surface area contributed by atoms with E-state index in [1.165, 1.54) is 19.4 Å². The van der Waals surface area contributed by atoms with Crippen LogP contribution in [-0.4, -0.2) is 36.6 Å². The van der Waals surface area contributed by atoms with E-state index in [0.29, 0.717) is 11.4 Å². The molecule has 2 aromatic carbocycles. The zero-order valence-corrected chi connectivity index (χ0v) is 17.4. The van der Waals surface area contributed by atoms with Crippen LogP contribution in [0.5, 0.6) is 5.75 Å². The van der Waals surface area contributed by atoms with Gasteiger partial charge in [0, 0.05) is 18.2 Å². The van der Waals surface area contributed by atoms with Gasteiger partial charge in [0.15, 0.2) is 18.3 Å². The monoisotopic (exact) mass is 459 g/mol. The van der Waals surface area contributed by atoms with E-state index in [1.54, 1.807) is 24.3 Å². The third-order valence-corrected chi connectivity index (χ3v) is 4.26. The van der Waals surface area contributed by atoms with E-state index in [0.717, 1.165) is 12.1 Å². The number of halogens is 2. The van der Waals surface area contributed by atoms with Crippen molar-refractivity contribution < 1.29 is 37.1 Å². The number of urea groups is 1. The Labute approximate surface area is 186 Å². The van der Waals surface area contributed by atoms with Crippen LogP contribution in [0, 0.1) is 11.6 Å². The second-order valence-corrected chi connectivity index (χ2v) is 6.63. The number of aryl methyl sites for hydroxylation is 1. The van der Waals surface area contributed by atoms with Crippen LogP contribution in [-0.2, 0) is 20.7 Å². The zero-order chi connectivity index (χ0) is 23.8. The highest BCUT2D eigenvalue weighted by molar-refractivity contribution is 6.01. The minimum absolute atomic E-state index is 0.0290. The Kier molecular flexibility index (Phi) is 7.68. The molecule has 0 aliphatic rings. The van der Waals surface area contributed by atoms with E-state index in [4.69, 9.17) is 13.9 Å². The summed E-state index contributed by atoms with van der Waals surface area (Å²) in [5.74, 6) is -2.26. The van der Waals surface area contributed by atoms with Crippen LogP contribution in [0.2, 0.25) is 0 Å². The first-order valence-corrected chi connectivity index (χ1v) is 9.64. The third-order valence-electron chi connectivity index (χ3n) is 4.26. The van der Waals surface area contributed by atoms with Crippen LogP contribution in [0.15, 0.2) is 53.1 Å². The van der Waals surface area contributed by atoms with Gasteiger partial charge in [-0.2, -0.15) is 0 Å². The predicted octanol–water partition coefficient (Wildman–Crippen LogP) is 3.45. The van der Waals surface area contributed by atoms with Crippen molar-refractivity contribution >= 4 is 23.6 Å². The number of ether oxygens (including phenoxy) is 2. The van der Waals surface area contributed by atoms with Crippen LogP contribution in [0.1, 0.15) is 12.3 Å². The number of imide groups is 1. The molecular weight excluding hydrogens is 440 g/mol. The quantitative estimate of drug-likeness (QED) is 0.495. The molecule has 11 heteroatoms. The Balaban J connectivity index is 1.39. The second-order valence-electron chi connectivity index (χ2n) is 6.63. The molecule has 3 amide bonds. The molecule has 0 bridgehead atoms. The largest absolute Gasteiger partial charge is 0.497 e. The lowest BCUT2D eigenvalue weighted by molar-refractivity contribution is -0.148. The fourth-order valence-corrected chi connectivity index (χ4v) is 2.67. The summed E-state index contributed by atoms with van der Waals surface area (Å²) in [6, 6.07) is 8.66. The summed E-state index contributed by atoms with van der Waals surface area (Å²) >= 11 is 0. The SMILES string of the molecule is COc1ccc(NC(=O)NC(=O)COC(=O)CCc2ncc(-c3ccc(F)cc3F)o2)cc1. The number of hydrogen-bond acceptors (Lipinski definition) is 7. The number of benzene rings is 2. The Morgan fingerprint density at radius 1 is 1.09 bits per heavy atom. The molecule has 0 aliphatic heterocycles. The van der Waals surface area contributed by atoms with Crippen LogP contribution in [0.4, 0.5) is 19.3 Å². The molecule has 3 aromatic rings. The molecule has 2 N–H and O–H groups in total. The van der Waals surface area contributed by atoms with Gasteiger partial charge >= 0.3 is 12.0 Å². The number of aromatic nitrogens is 1. The van der Waals surface area contributed by atoms with Crippen molar-refractivity contribution in [1.82, 2.24) is 10.3 Å². The van der Waals surface area contributed by atoms with Crippen molar-refractivity contribution in [3.63, 3.8) is 0 Å². The highest BCUT2D eigenvalue weighted by Crippen LogP contribution is 2.24. The number of hydrogen-bond donors (Lipinski definition) is 2. The fourth-order valence-electron chi connectivity index (χ4n) is 2.67. The highest BCUT2D eigenvalue weighted by atomic mass is 19.1. The lowest BCUT2D eigenvalue weighted by atomic mass is 10.2. The number of esters is 1. The van der Waals surface area contributed by atoms with E-state index in [-0.39, 0.29) is 30.1 Å². The van der Waals surface area contributed by atoms with Gasteiger partial charge in [-0.1, -0.05) is 0 Å². The van der Waals surface area contributed by atoms with E-state index >= 15 is 0 Å². The first-order valence-electron chi connectivity index (χ1n) is 9.64. The molecule has 33 heavy (non-hydrogen) atoms. The molecule has 0 atom stereocenters. The highest BCUT2D eigenvalue weighted by Gasteiger charge is 2.15. The van der Waals surface area contributed by atoms with Crippen molar-refractivity contribution in [2.45, 2.75) is 12.8 Å². The van der Waals surface area contributed by atoms with Crippen LogP contribution < -0.4 is 15.4 Å². The number of oxazole rings is 1. The first kappa shape index (κ1) is 23.4. The molecule has 0 radical (unpaired) electrons. The number of carbonyl (C=O) groups is 3. The summed E-state index contributed by atoms with van der Waals surface area (Å²) in [5.41, 5.74) is 0.464. The van der Waals surface area contributed by atoms with Gasteiger partial charge in [-0.05, 0) is 36.4 Å². The van der Waals surface area contributed by atoms with Gasteiger partial charge in [0.05, 0.1) is 25.3 Å². The first-order chi connectivity index (χ1) is 15.8. The zero-order valence-electron chi connectivity index (χ0n) is 17.4. The van der Waals surface area contributed by atoms with Crippen molar-refractivity contribution in [2.75, 3.05) is 19.0 Å². The normalized spacial score (nSPS) is 10.4. The second kappa shape index (κ2) is 10.8. The molecule has 1 aromatic heterocycles. The fraction of sp³-hybridized carbons (Fsp3) is 0.182. The molecule has 0 fully saturated rings. The number of nitrogens with one attached hydrogen (secondary N) is 2. The molecule has 0 saturated carbocycles. The van der Waals surface area contributed by atoms with E-state index in [1.807, 2.05) is 5.32 Å². The van der Waals surface area contributed by atoms with Gasteiger partial charge in [-0.15, -0.1) is 0 Å². The Hall–Kier alpha value is -4.28. The van der Waals surface area contributed by atoms with Gasteiger partial charge < -0.3 is 19.2 Å². The average molecular weight is 459 g/mol. The molecule has 3 rings (SSSR count). The lowest BCUT2D eigenvalue weighted by Crippen LogP contribution is -2.37. The third kappa shape index (κ3) is 6.86. The van der Waals surface area contributed by atoms with Crippen LogP contribution >= 0.6 is 0 Å². The maximum Gasteiger partial charge on any atom is 0.325 e. The van der Waals surface area contributed by atoms with Gasteiger partial charge in [-0.3, -0.25) is 14.9 Å². The van der Waals surface area contributed by atoms with E-state index < -0.39 is 36.1 Å². The minimum atomic E-state index is -0.820. The minimum Gasteiger partial charge on any atom is -0.497 e. The van der Waals surface area contributed by atoms with Crippen molar-refractivity contribution in [3.8, 4) is 17.1 Å². The van der Waals surface area contributed by atoms with Crippen molar-refractivity contribution in [3.05, 3.63) is 66.2 Å². The van der Waals surface area contributed by atoms with Crippen molar-refractivity contribution in [1.29, 1.82) is 0 Å². The average Bonchev–Trinajstić information content (AvgIpc) is 3.25. The van der Waals surface area contributed by atoms with Crippen LogP contribution in [0.3, 0.4) is 0 Å². The summed E-state index contributed by atoms with van der Waals surface area (Å²) in [6.07, 6.45) is 1.12. The summed E-state index contributed by atoms with van der Waals surface area (Å²) in [7, 11) is 1.51. The topological polar surface area (TPSA) is 120 Å². The Morgan fingerprint density at radius 2 is 1.85 bits per heavy atom. The molecule has 172 valence electrons. The molecule has 0 spiro atoms. The van der Waals surface area contributed by atoms with E-state index in [2.05, 4.69) is 10.3 Å². The smallest absolute Gasteiger partial charge is 0.325 e. The Bertz CT molecular complexity index is 1150.